The van der Waals surface area contributed by atoms with E-state index in [-0.39, 0.29) is 11.1 Å². The van der Waals surface area contributed by atoms with E-state index in [1.165, 1.54) is 0 Å². The van der Waals surface area contributed by atoms with Crippen molar-refractivity contribution in [3.63, 3.8) is 0 Å². The van der Waals surface area contributed by atoms with Crippen molar-refractivity contribution >= 4 is 11.6 Å². The molecule has 3 heteroatoms. The number of methoxy groups -OCH3 is 1. The van der Waals surface area contributed by atoms with Crippen LogP contribution in [0.15, 0.2) is 0 Å². The van der Waals surface area contributed by atoms with Gasteiger partial charge in [0.1, 0.15) is 0 Å². The van der Waals surface area contributed by atoms with E-state index in [0.717, 1.165) is 19.4 Å². The lowest BCUT2D eigenvalue weighted by Gasteiger charge is -2.30. The highest BCUT2D eigenvalue weighted by atomic mass is 35.5. The van der Waals surface area contributed by atoms with Crippen molar-refractivity contribution in [2.24, 2.45) is 0 Å². The smallest absolute Gasteiger partial charge is 0.0634 e. The fourth-order valence-electron chi connectivity index (χ4n) is 1.03. The first-order valence-electron chi connectivity index (χ1n) is 5.25. The number of hydrogen-bond acceptors (Lipinski definition) is 2. The van der Waals surface area contributed by atoms with Gasteiger partial charge in [0.15, 0.2) is 0 Å². The third kappa shape index (κ3) is 5.18. The van der Waals surface area contributed by atoms with Gasteiger partial charge in [-0.3, -0.25) is 0 Å². The fraction of sp³-hybridized carbons (Fsp3) is 1.00. The minimum Gasteiger partial charge on any atom is -0.379 e. The summed E-state index contributed by atoms with van der Waals surface area (Å²) in [7, 11) is 1.75. The number of nitrogens with one attached hydrogen (secondary N) is 1. The number of halogens is 1. The molecule has 0 aliphatic carbocycles. The largest absolute Gasteiger partial charge is 0.379 e. The molecule has 1 unspecified atom stereocenters. The predicted molar refractivity (Wildman–Crippen MR) is 63.1 cm³/mol. The minimum atomic E-state index is -0.0477. The Hall–Kier alpha value is 0.210. The summed E-state index contributed by atoms with van der Waals surface area (Å²) in [5.41, 5.74) is 0.0132. The first-order chi connectivity index (χ1) is 6.39. The molecule has 0 amide bonds. The summed E-state index contributed by atoms with van der Waals surface area (Å²) >= 11 is 5.90. The molecule has 0 fully saturated rings. The molecule has 0 aromatic carbocycles. The summed E-state index contributed by atoms with van der Waals surface area (Å²) in [5, 5.41) is 3.47. The van der Waals surface area contributed by atoms with Crippen LogP contribution >= 0.6 is 11.6 Å². The van der Waals surface area contributed by atoms with Crippen LogP contribution in [0.2, 0.25) is 0 Å². The third-order valence-corrected chi connectivity index (χ3v) is 3.50. The monoisotopic (exact) mass is 221 g/mol. The molecule has 0 saturated carbocycles. The highest BCUT2D eigenvalue weighted by Gasteiger charge is 2.22. The van der Waals surface area contributed by atoms with Gasteiger partial charge in [-0.2, -0.15) is 0 Å². The van der Waals surface area contributed by atoms with Crippen molar-refractivity contribution < 1.29 is 4.74 Å². The first-order valence-corrected chi connectivity index (χ1v) is 5.79. The highest BCUT2D eigenvalue weighted by molar-refractivity contribution is 6.18. The average molecular weight is 222 g/mol. The molecule has 0 radical (unpaired) electrons. The van der Waals surface area contributed by atoms with Crippen LogP contribution in [0, 0.1) is 0 Å². The molecule has 0 bridgehead atoms. The van der Waals surface area contributed by atoms with E-state index in [0.29, 0.717) is 5.88 Å². The number of alkyl halides is 1. The van der Waals surface area contributed by atoms with Gasteiger partial charge in [-0.05, 0) is 40.2 Å². The second-order valence-corrected chi connectivity index (χ2v) is 4.96. The van der Waals surface area contributed by atoms with E-state index in [1.54, 1.807) is 7.11 Å². The number of rotatable bonds is 7. The summed E-state index contributed by atoms with van der Waals surface area (Å²) in [4.78, 5) is 0. The van der Waals surface area contributed by atoms with Crippen molar-refractivity contribution in [2.75, 3.05) is 19.5 Å². The van der Waals surface area contributed by atoms with Crippen molar-refractivity contribution in [3.8, 4) is 0 Å². The maximum Gasteiger partial charge on any atom is 0.0634 e. The van der Waals surface area contributed by atoms with E-state index in [4.69, 9.17) is 16.3 Å². The lowest BCUT2D eigenvalue weighted by Crippen LogP contribution is -2.45. The Morgan fingerprint density at radius 3 is 2.21 bits per heavy atom. The Kier molecular flexibility index (Phi) is 6.03. The van der Waals surface area contributed by atoms with Crippen LogP contribution in [-0.2, 0) is 4.74 Å². The van der Waals surface area contributed by atoms with Gasteiger partial charge in [-0.1, -0.05) is 6.92 Å². The summed E-state index contributed by atoms with van der Waals surface area (Å²) in [5.74, 6) is 0.650. The molecule has 2 nitrogen and oxygen atoms in total. The molecule has 0 aliphatic rings. The first kappa shape index (κ1) is 14.2. The summed E-state index contributed by atoms with van der Waals surface area (Å²) in [6.45, 7) is 9.44. The van der Waals surface area contributed by atoms with Crippen LogP contribution in [0.5, 0.6) is 0 Å². The molecule has 0 aromatic heterocycles. The molecule has 1 atom stereocenters. The third-order valence-electron chi connectivity index (χ3n) is 2.91. The molecule has 0 saturated heterocycles. The van der Waals surface area contributed by atoms with Crippen LogP contribution in [-0.4, -0.2) is 30.7 Å². The zero-order valence-electron chi connectivity index (χ0n) is 10.1. The lowest BCUT2D eigenvalue weighted by molar-refractivity contribution is 0.0146. The van der Waals surface area contributed by atoms with Gasteiger partial charge in [0, 0.05) is 18.5 Å². The van der Waals surface area contributed by atoms with Crippen LogP contribution in [0.4, 0.5) is 0 Å². The van der Waals surface area contributed by atoms with Gasteiger partial charge in [-0.25, -0.2) is 0 Å². The van der Waals surface area contributed by atoms with Crippen LogP contribution in [0.3, 0.4) is 0 Å². The van der Waals surface area contributed by atoms with Crippen molar-refractivity contribution in [1.29, 1.82) is 0 Å². The minimum absolute atomic E-state index is 0.0477. The Morgan fingerprint density at radius 2 is 1.86 bits per heavy atom. The maximum absolute atomic E-state index is 5.90. The molecular weight excluding hydrogens is 198 g/mol. The molecule has 0 heterocycles. The second kappa shape index (κ2) is 5.94. The molecule has 0 rings (SSSR count). The fourth-order valence-corrected chi connectivity index (χ4v) is 1.32. The van der Waals surface area contributed by atoms with E-state index in [1.807, 2.05) is 0 Å². The Bertz CT molecular complexity index is 155. The molecule has 14 heavy (non-hydrogen) atoms. The van der Waals surface area contributed by atoms with Crippen LogP contribution in [0.25, 0.3) is 0 Å². The lowest BCUT2D eigenvalue weighted by atomic mass is 10.00. The number of hydrogen-bond donors (Lipinski definition) is 1. The Balaban J connectivity index is 3.83. The SMILES string of the molecule is CCC(C)(CCl)NCCC(C)(C)OC. The Labute approximate surface area is 93.4 Å². The van der Waals surface area contributed by atoms with Gasteiger partial charge < -0.3 is 10.1 Å². The van der Waals surface area contributed by atoms with Crippen molar-refractivity contribution in [2.45, 2.75) is 51.7 Å². The van der Waals surface area contributed by atoms with E-state index < -0.39 is 0 Å². The summed E-state index contributed by atoms with van der Waals surface area (Å²) in [6.07, 6.45) is 2.04. The molecular formula is C11H24ClNO. The quantitative estimate of drug-likeness (QED) is 0.668. The van der Waals surface area contributed by atoms with E-state index >= 15 is 0 Å². The van der Waals surface area contributed by atoms with Gasteiger partial charge in [0.25, 0.3) is 0 Å². The van der Waals surface area contributed by atoms with Crippen LogP contribution in [0.1, 0.15) is 40.5 Å². The van der Waals surface area contributed by atoms with Gasteiger partial charge in [0.05, 0.1) is 5.60 Å². The summed E-state index contributed by atoms with van der Waals surface area (Å²) in [6, 6.07) is 0. The van der Waals surface area contributed by atoms with Gasteiger partial charge in [-0.15, -0.1) is 11.6 Å². The Morgan fingerprint density at radius 1 is 1.29 bits per heavy atom. The standard InChI is InChI=1S/C11H24ClNO/c1-6-11(4,9-12)13-8-7-10(2,3)14-5/h13H,6-9H2,1-5H3. The highest BCUT2D eigenvalue weighted by Crippen LogP contribution is 2.15. The predicted octanol–water partition coefficient (Wildman–Crippen LogP) is 2.80. The van der Waals surface area contributed by atoms with Crippen LogP contribution < -0.4 is 5.32 Å². The second-order valence-electron chi connectivity index (χ2n) is 4.69. The normalized spacial score (nSPS) is 16.7. The molecule has 86 valence electrons. The van der Waals surface area contributed by atoms with Gasteiger partial charge >= 0.3 is 0 Å². The zero-order valence-corrected chi connectivity index (χ0v) is 10.9. The van der Waals surface area contributed by atoms with Crippen molar-refractivity contribution in [1.82, 2.24) is 5.32 Å². The molecule has 0 aromatic rings. The molecule has 0 spiro atoms. The maximum atomic E-state index is 5.90. The summed E-state index contributed by atoms with van der Waals surface area (Å²) < 4.78 is 5.35. The van der Waals surface area contributed by atoms with Gasteiger partial charge in [0.2, 0.25) is 0 Å². The number of ether oxygens (including phenoxy) is 1. The van der Waals surface area contributed by atoms with E-state index in [2.05, 4.69) is 33.0 Å². The topological polar surface area (TPSA) is 21.3 Å². The average Bonchev–Trinajstić information content (AvgIpc) is 2.17. The zero-order chi connectivity index (χ0) is 11.2. The van der Waals surface area contributed by atoms with E-state index in [9.17, 15) is 0 Å². The van der Waals surface area contributed by atoms with Crippen molar-refractivity contribution in [3.05, 3.63) is 0 Å². The molecule has 0 aliphatic heterocycles. The molecule has 1 N–H and O–H groups in total.